The third-order valence-corrected chi connectivity index (χ3v) is 4.51. The highest BCUT2D eigenvalue weighted by Crippen LogP contribution is 2.18. The molecule has 0 radical (unpaired) electrons. The Bertz CT molecular complexity index is 501. The van der Waals surface area contributed by atoms with E-state index in [1.807, 2.05) is 0 Å². The average Bonchev–Trinajstić information content (AvgIpc) is 2.58. The van der Waals surface area contributed by atoms with Crippen LogP contribution in [-0.4, -0.2) is 44.8 Å². The molecule has 1 heterocycles. The highest BCUT2D eigenvalue weighted by atomic mass is 16.5. The van der Waals surface area contributed by atoms with Gasteiger partial charge in [-0.3, -0.25) is 4.79 Å². The van der Waals surface area contributed by atoms with Crippen molar-refractivity contribution < 1.29 is 9.53 Å². The van der Waals surface area contributed by atoms with Crippen molar-refractivity contribution in [2.45, 2.75) is 32.7 Å². The molecule has 1 aromatic carbocycles. The molecule has 128 valence electrons. The van der Waals surface area contributed by atoms with Crippen LogP contribution in [0.3, 0.4) is 0 Å². The van der Waals surface area contributed by atoms with E-state index in [9.17, 15) is 4.79 Å². The summed E-state index contributed by atoms with van der Waals surface area (Å²) in [6.45, 7) is 7.93. The van der Waals surface area contributed by atoms with Gasteiger partial charge in [0.2, 0.25) is 5.91 Å². The van der Waals surface area contributed by atoms with Crippen LogP contribution in [0.1, 0.15) is 25.3 Å². The van der Waals surface area contributed by atoms with Gasteiger partial charge < -0.3 is 20.7 Å². The first-order chi connectivity index (χ1) is 11.1. The van der Waals surface area contributed by atoms with E-state index in [2.05, 4.69) is 48.3 Å². The largest absolute Gasteiger partial charge is 0.381 e. The molecule has 1 amide bonds. The summed E-state index contributed by atoms with van der Waals surface area (Å²) < 4.78 is 5.32. The SMILES string of the molecule is CCN(CCNC(=O)C(N)C1CCOCC1)c1cccc(C)c1. The summed E-state index contributed by atoms with van der Waals surface area (Å²) in [6.07, 6.45) is 1.75. The Kier molecular flexibility index (Phi) is 6.86. The maximum absolute atomic E-state index is 12.2. The molecule has 1 aliphatic rings. The van der Waals surface area contributed by atoms with Crippen LogP contribution in [0.25, 0.3) is 0 Å². The van der Waals surface area contributed by atoms with Crippen molar-refractivity contribution in [3.8, 4) is 0 Å². The van der Waals surface area contributed by atoms with Gasteiger partial charge in [-0.05, 0) is 50.3 Å². The maximum atomic E-state index is 12.2. The number of rotatable bonds is 7. The zero-order valence-corrected chi connectivity index (χ0v) is 14.3. The molecule has 0 saturated carbocycles. The number of aryl methyl sites for hydroxylation is 1. The molecule has 0 spiro atoms. The second kappa shape index (κ2) is 8.89. The molecule has 1 saturated heterocycles. The highest BCUT2D eigenvalue weighted by Gasteiger charge is 2.26. The van der Waals surface area contributed by atoms with Gasteiger partial charge >= 0.3 is 0 Å². The number of ether oxygens (including phenoxy) is 1. The Balaban J connectivity index is 1.79. The highest BCUT2D eigenvalue weighted by molar-refractivity contribution is 5.81. The van der Waals surface area contributed by atoms with Gasteiger partial charge in [0.25, 0.3) is 0 Å². The zero-order valence-electron chi connectivity index (χ0n) is 14.3. The lowest BCUT2D eigenvalue weighted by Gasteiger charge is -2.27. The fourth-order valence-electron chi connectivity index (χ4n) is 3.02. The molecule has 1 atom stereocenters. The number of likely N-dealkylation sites (N-methyl/N-ethyl adjacent to an activating group) is 1. The molecule has 5 nitrogen and oxygen atoms in total. The van der Waals surface area contributed by atoms with Crippen molar-refractivity contribution in [2.75, 3.05) is 37.7 Å². The Labute approximate surface area is 139 Å². The average molecular weight is 319 g/mol. The van der Waals surface area contributed by atoms with Crippen LogP contribution in [-0.2, 0) is 9.53 Å². The Hall–Kier alpha value is -1.59. The predicted molar refractivity (Wildman–Crippen MR) is 93.6 cm³/mol. The van der Waals surface area contributed by atoms with Crippen LogP contribution in [0.5, 0.6) is 0 Å². The second-order valence-electron chi connectivity index (χ2n) is 6.19. The number of nitrogens with one attached hydrogen (secondary N) is 1. The van der Waals surface area contributed by atoms with Gasteiger partial charge in [-0.25, -0.2) is 0 Å². The second-order valence-corrected chi connectivity index (χ2v) is 6.19. The third kappa shape index (κ3) is 5.22. The van der Waals surface area contributed by atoms with Gasteiger partial charge in [0, 0.05) is 38.5 Å². The lowest BCUT2D eigenvalue weighted by atomic mass is 9.92. The van der Waals surface area contributed by atoms with Gasteiger partial charge in [0.1, 0.15) is 0 Å². The minimum Gasteiger partial charge on any atom is -0.381 e. The first-order valence-corrected chi connectivity index (χ1v) is 8.54. The van der Waals surface area contributed by atoms with E-state index >= 15 is 0 Å². The van der Waals surface area contributed by atoms with Crippen LogP contribution in [0.2, 0.25) is 0 Å². The van der Waals surface area contributed by atoms with E-state index in [-0.39, 0.29) is 11.8 Å². The van der Waals surface area contributed by atoms with E-state index in [0.29, 0.717) is 19.8 Å². The van der Waals surface area contributed by atoms with Crippen LogP contribution in [0, 0.1) is 12.8 Å². The summed E-state index contributed by atoms with van der Waals surface area (Å²) in [6, 6.07) is 8.00. The third-order valence-electron chi connectivity index (χ3n) is 4.51. The summed E-state index contributed by atoms with van der Waals surface area (Å²) in [4.78, 5) is 14.5. The lowest BCUT2D eigenvalue weighted by Crippen LogP contribution is -2.48. The fraction of sp³-hybridized carbons (Fsp3) is 0.611. The van der Waals surface area contributed by atoms with Crippen molar-refractivity contribution in [1.29, 1.82) is 0 Å². The van der Waals surface area contributed by atoms with Crippen molar-refractivity contribution in [2.24, 2.45) is 11.7 Å². The number of anilines is 1. The number of hydrogen-bond donors (Lipinski definition) is 2. The summed E-state index contributed by atoms with van der Waals surface area (Å²) >= 11 is 0. The molecule has 1 fully saturated rings. The minimum atomic E-state index is -0.423. The first kappa shape index (κ1) is 17.8. The molecule has 1 aliphatic heterocycles. The van der Waals surface area contributed by atoms with E-state index in [1.54, 1.807) is 0 Å². The number of hydrogen-bond acceptors (Lipinski definition) is 4. The van der Waals surface area contributed by atoms with Gasteiger partial charge in [0.15, 0.2) is 0 Å². The van der Waals surface area contributed by atoms with Crippen molar-refractivity contribution >= 4 is 11.6 Å². The van der Waals surface area contributed by atoms with Crippen molar-refractivity contribution in [3.05, 3.63) is 29.8 Å². The normalized spacial score (nSPS) is 16.8. The summed E-state index contributed by atoms with van der Waals surface area (Å²) in [7, 11) is 0. The lowest BCUT2D eigenvalue weighted by molar-refractivity contribution is -0.124. The van der Waals surface area contributed by atoms with Crippen molar-refractivity contribution in [1.82, 2.24) is 5.32 Å². The van der Waals surface area contributed by atoms with Gasteiger partial charge in [0.05, 0.1) is 6.04 Å². The molecule has 0 bridgehead atoms. The van der Waals surface area contributed by atoms with Crippen LogP contribution >= 0.6 is 0 Å². The molecule has 1 aromatic rings. The Morgan fingerprint density at radius 2 is 2.17 bits per heavy atom. The smallest absolute Gasteiger partial charge is 0.237 e. The van der Waals surface area contributed by atoms with Gasteiger partial charge in [-0.2, -0.15) is 0 Å². The molecule has 2 rings (SSSR count). The first-order valence-electron chi connectivity index (χ1n) is 8.54. The summed E-state index contributed by atoms with van der Waals surface area (Å²) in [5.41, 5.74) is 8.52. The standard InChI is InChI=1S/C18H29N3O2/c1-3-21(16-6-4-5-14(2)13-16)10-9-20-18(22)17(19)15-7-11-23-12-8-15/h4-6,13,15,17H,3,7-12,19H2,1-2H3,(H,20,22). The van der Waals surface area contributed by atoms with E-state index in [0.717, 1.165) is 25.9 Å². The van der Waals surface area contributed by atoms with E-state index in [4.69, 9.17) is 10.5 Å². The molecular formula is C18H29N3O2. The molecule has 23 heavy (non-hydrogen) atoms. The van der Waals surface area contributed by atoms with Gasteiger partial charge in [-0.15, -0.1) is 0 Å². The number of carbonyl (C=O) groups is 1. The Morgan fingerprint density at radius 3 is 2.83 bits per heavy atom. The van der Waals surface area contributed by atoms with Crippen LogP contribution in [0.4, 0.5) is 5.69 Å². The maximum Gasteiger partial charge on any atom is 0.237 e. The molecule has 0 aromatic heterocycles. The van der Waals surface area contributed by atoms with Crippen LogP contribution < -0.4 is 16.0 Å². The van der Waals surface area contributed by atoms with E-state index in [1.165, 1.54) is 11.3 Å². The number of benzene rings is 1. The van der Waals surface area contributed by atoms with Crippen LogP contribution in [0.15, 0.2) is 24.3 Å². The topological polar surface area (TPSA) is 67.6 Å². The quantitative estimate of drug-likeness (QED) is 0.802. The zero-order chi connectivity index (χ0) is 16.7. The summed E-state index contributed by atoms with van der Waals surface area (Å²) in [5.74, 6) is 0.194. The Morgan fingerprint density at radius 1 is 1.43 bits per heavy atom. The minimum absolute atomic E-state index is 0.0443. The van der Waals surface area contributed by atoms with Crippen molar-refractivity contribution in [3.63, 3.8) is 0 Å². The molecule has 5 heteroatoms. The molecular weight excluding hydrogens is 290 g/mol. The molecule has 3 N–H and O–H groups in total. The number of nitrogens with zero attached hydrogens (tertiary/aromatic N) is 1. The number of amides is 1. The number of carbonyl (C=O) groups excluding carboxylic acids is 1. The predicted octanol–water partition coefficient (Wildman–Crippen LogP) is 1.69. The molecule has 1 unspecified atom stereocenters. The fourth-order valence-corrected chi connectivity index (χ4v) is 3.02. The van der Waals surface area contributed by atoms with Gasteiger partial charge in [-0.1, -0.05) is 12.1 Å². The van der Waals surface area contributed by atoms with E-state index < -0.39 is 6.04 Å². The molecule has 0 aliphatic carbocycles. The monoisotopic (exact) mass is 319 g/mol. The summed E-state index contributed by atoms with van der Waals surface area (Å²) in [5, 5.41) is 2.98. The number of nitrogens with two attached hydrogens (primary N) is 1.